The zero-order valence-electron chi connectivity index (χ0n) is 13.3. The molecule has 5 rings (SSSR count). The van der Waals surface area contributed by atoms with E-state index in [4.69, 9.17) is 18.9 Å². The summed E-state index contributed by atoms with van der Waals surface area (Å²) in [5.41, 5.74) is -2.06. The van der Waals surface area contributed by atoms with Gasteiger partial charge in [-0.2, -0.15) is 0 Å². The monoisotopic (exact) mass is 337 g/mol. The van der Waals surface area contributed by atoms with E-state index in [2.05, 4.69) is 9.97 Å². The molecule has 0 radical (unpaired) electrons. The Kier molecular flexibility index (Phi) is 2.85. The summed E-state index contributed by atoms with van der Waals surface area (Å²) in [6, 6.07) is -0.0292. The van der Waals surface area contributed by atoms with Crippen LogP contribution in [-0.2, 0) is 14.2 Å². The Hall–Kier alpha value is -1.71. The highest BCUT2D eigenvalue weighted by atomic mass is 16.8. The van der Waals surface area contributed by atoms with Gasteiger partial charge < -0.3 is 18.9 Å². The van der Waals surface area contributed by atoms with Gasteiger partial charge in [-0.15, -0.1) is 4.98 Å². The second-order valence-electron chi connectivity index (χ2n) is 6.95. The van der Waals surface area contributed by atoms with Crippen molar-refractivity contribution in [2.45, 2.75) is 68.9 Å². The molecule has 2 saturated heterocycles. The van der Waals surface area contributed by atoms with E-state index in [1.807, 2.05) is 6.92 Å². The van der Waals surface area contributed by atoms with Crippen LogP contribution >= 0.6 is 0 Å². The highest BCUT2D eigenvalue weighted by Crippen LogP contribution is 2.54. The first-order valence-corrected chi connectivity index (χ1v) is 8.45. The fraction of sp³-hybridized carbons (Fsp3) is 0.800. The van der Waals surface area contributed by atoms with Gasteiger partial charge in [0.2, 0.25) is 0 Å². The molecule has 1 spiro atoms. The maximum atomic E-state index is 12.3. The average molecular weight is 337 g/mol. The van der Waals surface area contributed by atoms with Crippen LogP contribution in [0.15, 0.2) is 9.59 Å². The molecule has 1 aromatic heterocycles. The van der Waals surface area contributed by atoms with E-state index in [9.17, 15) is 9.59 Å². The van der Waals surface area contributed by atoms with Crippen LogP contribution in [0.3, 0.4) is 0 Å². The van der Waals surface area contributed by atoms with Gasteiger partial charge in [-0.25, -0.2) is 14.2 Å². The van der Waals surface area contributed by atoms with E-state index in [0.717, 1.165) is 25.7 Å². The summed E-state index contributed by atoms with van der Waals surface area (Å²) in [4.78, 5) is 29.8. The van der Waals surface area contributed by atoms with Crippen LogP contribution in [0.4, 0.5) is 0 Å². The Morgan fingerprint density at radius 1 is 1.25 bits per heavy atom. The van der Waals surface area contributed by atoms with Gasteiger partial charge in [-0.05, 0) is 19.3 Å². The lowest BCUT2D eigenvalue weighted by Gasteiger charge is -2.32. The molecule has 1 aromatic rings. The number of hydrogen-bond acceptors (Lipinski definition) is 7. The van der Waals surface area contributed by atoms with Crippen LogP contribution in [-0.4, -0.2) is 44.7 Å². The van der Waals surface area contributed by atoms with Crippen molar-refractivity contribution in [2.75, 3.05) is 6.61 Å². The molecule has 0 unspecified atom stereocenters. The number of hydrogen-bond donors (Lipinski definition) is 1. The van der Waals surface area contributed by atoms with Crippen LogP contribution < -0.4 is 16.1 Å². The summed E-state index contributed by atoms with van der Waals surface area (Å²) in [5.74, 6) is -0.582. The molecule has 0 amide bonds. The number of rotatable bonds is 1. The van der Waals surface area contributed by atoms with E-state index in [0.29, 0.717) is 6.42 Å². The molecule has 3 aliphatic heterocycles. The lowest BCUT2D eigenvalue weighted by molar-refractivity contribution is -0.233. The van der Waals surface area contributed by atoms with Crippen molar-refractivity contribution >= 4 is 0 Å². The standard InChI is InChI=1S/C15H19N3O6/c1-2-14-7-21-13-17-11(19)16-12(20)18(13)10(24-14)8-9(14)23-15(22-8)5-3-4-6-15/h8-10H,2-7H2,1H3,(H,16,19,20)/t8-,9+,10-,14-/m1/s1. The maximum absolute atomic E-state index is 12.3. The number of nitrogens with zero attached hydrogens (tertiary/aromatic N) is 2. The Morgan fingerprint density at radius 3 is 2.79 bits per heavy atom. The molecule has 9 nitrogen and oxygen atoms in total. The predicted octanol–water partition coefficient (Wildman–Crippen LogP) is 0.0559. The minimum absolute atomic E-state index is 0.0292. The van der Waals surface area contributed by atoms with Gasteiger partial charge >= 0.3 is 17.4 Å². The molecule has 24 heavy (non-hydrogen) atoms. The summed E-state index contributed by atoms with van der Waals surface area (Å²) in [5, 5.41) is 0. The molecule has 130 valence electrons. The van der Waals surface area contributed by atoms with Crippen LogP contribution in [0.1, 0.15) is 45.3 Å². The summed E-state index contributed by atoms with van der Waals surface area (Å²) in [6.07, 6.45) is 3.01. The van der Waals surface area contributed by atoms with Crippen molar-refractivity contribution < 1.29 is 18.9 Å². The number of H-pyrrole nitrogens is 1. The zero-order valence-corrected chi connectivity index (χ0v) is 13.3. The molecular formula is C15H19N3O6. The summed E-state index contributed by atoms with van der Waals surface area (Å²) < 4.78 is 25.7. The Labute approximate surface area is 136 Å². The van der Waals surface area contributed by atoms with Crippen molar-refractivity contribution in [2.24, 2.45) is 0 Å². The van der Waals surface area contributed by atoms with Crippen LogP contribution in [0.2, 0.25) is 0 Å². The lowest BCUT2D eigenvalue weighted by Crippen LogP contribution is -2.48. The molecule has 9 heteroatoms. The van der Waals surface area contributed by atoms with Gasteiger partial charge in [0.15, 0.2) is 12.0 Å². The highest BCUT2D eigenvalue weighted by molar-refractivity contribution is 5.13. The first kappa shape index (κ1) is 14.6. The van der Waals surface area contributed by atoms with E-state index in [1.165, 1.54) is 4.57 Å². The molecule has 3 fully saturated rings. The second-order valence-corrected chi connectivity index (χ2v) is 6.95. The van der Waals surface area contributed by atoms with E-state index < -0.39 is 35.1 Å². The number of aromatic nitrogens is 3. The zero-order chi connectivity index (χ0) is 16.5. The quantitative estimate of drug-likeness (QED) is 0.772. The fourth-order valence-electron chi connectivity index (χ4n) is 4.40. The van der Waals surface area contributed by atoms with Gasteiger partial charge in [0.25, 0.3) is 0 Å². The maximum Gasteiger partial charge on any atom is 0.353 e. The third kappa shape index (κ3) is 1.77. The predicted molar refractivity (Wildman–Crippen MR) is 78.7 cm³/mol. The third-order valence-electron chi connectivity index (χ3n) is 5.65. The first-order chi connectivity index (χ1) is 11.6. The van der Waals surface area contributed by atoms with Gasteiger partial charge in [-0.3, -0.25) is 4.98 Å². The minimum Gasteiger partial charge on any atom is -0.461 e. The summed E-state index contributed by atoms with van der Waals surface area (Å²) >= 11 is 0. The molecular weight excluding hydrogens is 318 g/mol. The van der Waals surface area contributed by atoms with Gasteiger partial charge in [-0.1, -0.05) is 6.92 Å². The van der Waals surface area contributed by atoms with Crippen molar-refractivity contribution in [1.82, 2.24) is 14.5 Å². The number of ether oxygens (including phenoxy) is 4. The van der Waals surface area contributed by atoms with E-state index in [-0.39, 0.29) is 18.7 Å². The SMILES string of the molecule is CC[C@]12COc3nc(=O)[nH]c(=O)n3[C@H](O1)[C@@H]1OC3(CCCC3)O[C@@H]12. The van der Waals surface area contributed by atoms with Gasteiger partial charge in [0.1, 0.15) is 24.4 Å². The Balaban J connectivity index is 1.64. The van der Waals surface area contributed by atoms with E-state index >= 15 is 0 Å². The summed E-state index contributed by atoms with van der Waals surface area (Å²) in [6.45, 7) is 2.15. The fourth-order valence-corrected chi connectivity index (χ4v) is 4.40. The third-order valence-corrected chi connectivity index (χ3v) is 5.65. The number of fused-ring (bicyclic) bond motifs is 7. The average Bonchev–Trinajstić information content (AvgIpc) is 3.19. The molecule has 0 aromatic carbocycles. The number of aromatic amines is 1. The van der Waals surface area contributed by atoms with Crippen molar-refractivity contribution in [3.05, 3.63) is 21.0 Å². The molecule has 4 heterocycles. The Bertz CT molecular complexity index is 797. The molecule has 1 saturated carbocycles. The topological polar surface area (TPSA) is 105 Å². The smallest absolute Gasteiger partial charge is 0.353 e. The van der Waals surface area contributed by atoms with Crippen molar-refractivity contribution in [3.8, 4) is 6.01 Å². The normalized spacial score (nSPS) is 38.6. The second kappa shape index (κ2) is 4.68. The van der Waals surface area contributed by atoms with Crippen molar-refractivity contribution in [3.63, 3.8) is 0 Å². The highest BCUT2D eigenvalue weighted by Gasteiger charge is 2.66. The molecule has 4 aliphatic rings. The van der Waals surface area contributed by atoms with Crippen LogP contribution in [0, 0.1) is 0 Å². The van der Waals surface area contributed by atoms with Crippen LogP contribution in [0.5, 0.6) is 6.01 Å². The molecule has 4 atom stereocenters. The Morgan fingerprint density at radius 2 is 2.04 bits per heavy atom. The van der Waals surface area contributed by atoms with Gasteiger partial charge in [0.05, 0.1) is 0 Å². The van der Waals surface area contributed by atoms with Crippen molar-refractivity contribution in [1.29, 1.82) is 0 Å². The molecule has 1 N–H and O–H groups in total. The number of nitrogens with one attached hydrogen (secondary N) is 1. The van der Waals surface area contributed by atoms with E-state index in [1.54, 1.807) is 0 Å². The van der Waals surface area contributed by atoms with Crippen LogP contribution in [0.25, 0.3) is 0 Å². The first-order valence-electron chi connectivity index (χ1n) is 8.45. The summed E-state index contributed by atoms with van der Waals surface area (Å²) in [7, 11) is 0. The minimum atomic E-state index is -0.734. The molecule has 1 aliphatic carbocycles. The largest absolute Gasteiger partial charge is 0.461 e. The lowest BCUT2D eigenvalue weighted by atomic mass is 9.93. The molecule has 2 bridgehead atoms. The van der Waals surface area contributed by atoms with Gasteiger partial charge in [0, 0.05) is 12.8 Å².